The predicted molar refractivity (Wildman–Crippen MR) is 123 cm³/mol. The van der Waals surface area contributed by atoms with Crippen molar-refractivity contribution in [1.82, 2.24) is 30.1 Å². The highest BCUT2D eigenvalue weighted by Crippen LogP contribution is 2.24. The predicted octanol–water partition coefficient (Wildman–Crippen LogP) is 3.19. The summed E-state index contributed by atoms with van der Waals surface area (Å²) in [6.45, 7) is 6.77. The molecule has 3 aromatic rings. The van der Waals surface area contributed by atoms with Gasteiger partial charge in [0.1, 0.15) is 17.2 Å². The number of likely N-dealkylation sites (tertiary alicyclic amines) is 1. The van der Waals surface area contributed by atoms with Crippen molar-refractivity contribution in [3.8, 4) is 0 Å². The van der Waals surface area contributed by atoms with Crippen molar-refractivity contribution in [2.24, 2.45) is 5.92 Å². The number of halogens is 1. The van der Waals surface area contributed by atoms with Crippen LogP contribution in [0.15, 0.2) is 42.6 Å². The van der Waals surface area contributed by atoms with Crippen LogP contribution >= 0.6 is 0 Å². The molecule has 7 nitrogen and oxygen atoms in total. The summed E-state index contributed by atoms with van der Waals surface area (Å²) in [5.74, 6) is 1.38. The Bertz CT molecular complexity index is 1030. The molecule has 3 heterocycles. The van der Waals surface area contributed by atoms with Crippen LogP contribution in [-0.4, -0.2) is 58.2 Å². The number of piperidine rings is 1. The van der Waals surface area contributed by atoms with Gasteiger partial charge >= 0.3 is 6.03 Å². The molecule has 2 aromatic heterocycles. The number of benzene rings is 1. The average Bonchev–Trinajstić information content (AvgIpc) is 3.13. The van der Waals surface area contributed by atoms with E-state index >= 15 is 0 Å². The summed E-state index contributed by atoms with van der Waals surface area (Å²) >= 11 is 0. The van der Waals surface area contributed by atoms with E-state index in [0.717, 1.165) is 61.4 Å². The van der Waals surface area contributed by atoms with Crippen LogP contribution in [0, 0.1) is 11.7 Å². The molecular weight excluding hydrogens is 407 g/mol. The topological polar surface area (TPSA) is 75.1 Å². The summed E-state index contributed by atoms with van der Waals surface area (Å²) in [7, 11) is 0. The number of pyridine rings is 1. The van der Waals surface area contributed by atoms with Crippen LogP contribution in [0.4, 0.5) is 9.18 Å². The number of hydrogen-bond acceptors (Lipinski definition) is 4. The van der Waals surface area contributed by atoms with Crippen molar-refractivity contribution in [2.45, 2.75) is 32.7 Å². The molecule has 170 valence electrons. The van der Waals surface area contributed by atoms with Gasteiger partial charge in [-0.3, -0.25) is 0 Å². The quantitative estimate of drug-likeness (QED) is 0.566. The first-order valence-electron chi connectivity index (χ1n) is 11.4. The van der Waals surface area contributed by atoms with Gasteiger partial charge in [-0.1, -0.05) is 12.1 Å². The fourth-order valence-corrected chi connectivity index (χ4v) is 4.32. The number of carbonyl (C=O) groups is 1. The van der Waals surface area contributed by atoms with Gasteiger partial charge in [0, 0.05) is 32.3 Å². The van der Waals surface area contributed by atoms with Crippen LogP contribution in [0.25, 0.3) is 11.2 Å². The van der Waals surface area contributed by atoms with E-state index in [9.17, 15) is 9.18 Å². The second-order valence-electron chi connectivity index (χ2n) is 8.36. The number of carbonyl (C=O) groups excluding carboxylic acids is 1. The molecule has 8 heteroatoms. The van der Waals surface area contributed by atoms with Crippen molar-refractivity contribution in [1.29, 1.82) is 0 Å². The number of amides is 2. The molecule has 2 amide bonds. The maximum absolute atomic E-state index is 13.3. The van der Waals surface area contributed by atoms with Crippen molar-refractivity contribution in [3.05, 3.63) is 59.8 Å². The summed E-state index contributed by atoms with van der Waals surface area (Å²) in [6.07, 6.45) is 4.91. The zero-order valence-corrected chi connectivity index (χ0v) is 18.6. The SMILES string of the molecule is CCNC(=O)NCCN1CCC(Cc2nc3cccnc3n2Cc2ccc(F)cc2)CC1. The monoisotopic (exact) mass is 438 g/mol. The minimum absolute atomic E-state index is 0.101. The first-order chi connectivity index (χ1) is 15.6. The minimum atomic E-state index is -0.226. The summed E-state index contributed by atoms with van der Waals surface area (Å²) in [4.78, 5) is 23.4. The number of urea groups is 1. The highest BCUT2D eigenvalue weighted by atomic mass is 19.1. The van der Waals surface area contributed by atoms with Crippen LogP contribution in [0.2, 0.25) is 0 Å². The molecule has 0 unspecified atom stereocenters. The van der Waals surface area contributed by atoms with E-state index in [2.05, 4.69) is 25.1 Å². The lowest BCUT2D eigenvalue weighted by molar-refractivity contribution is 0.182. The normalized spacial score (nSPS) is 15.2. The highest BCUT2D eigenvalue weighted by Gasteiger charge is 2.22. The number of nitrogens with one attached hydrogen (secondary N) is 2. The Kier molecular flexibility index (Phi) is 7.32. The van der Waals surface area contributed by atoms with Gasteiger partial charge in [0.05, 0.1) is 6.54 Å². The number of fused-ring (bicyclic) bond motifs is 1. The van der Waals surface area contributed by atoms with Crippen LogP contribution in [0.5, 0.6) is 0 Å². The molecule has 1 fully saturated rings. The Balaban J connectivity index is 1.37. The standard InChI is InChI=1S/C24H31FN6O/c1-2-26-24(32)28-12-15-30-13-9-18(10-14-30)16-22-29-21-4-3-11-27-23(21)31(22)17-19-5-7-20(25)8-6-19/h3-8,11,18H,2,9-10,12-17H2,1H3,(H2,26,28,32). The van der Waals surface area contributed by atoms with Crippen molar-refractivity contribution in [3.63, 3.8) is 0 Å². The third-order valence-electron chi connectivity index (χ3n) is 6.07. The maximum Gasteiger partial charge on any atom is 0.314 e. The van der Waals surface area contributed by atoms with E-state index in [1.54, 1.807) is 6.20 Å². The Morgan fingerprint density at radius 2 is 1.94 bits per heavy atom. The van der Waals surface area contributed by atoms with Gasteiger partial charge in [-0.25, -0.2) is 19.2 Å². The zero-order chi connectivity index (χ0) is 22.3. The Labute approximate surface area is 188 Å². The molecule has 1 aliphatic rings. The fraction of sp³-hybridized carbons (Fsp3) is 0.458. The largest absolute Gasteiger partial charge is 0.338 e. The molecule has 1 aromatic carbocycles. The van der Waals surface area contributed by atoms with E-state index in [4.69, 9.17) is 4.98 Å². The second kappa shape index (κ2) is 10.5. The van der Waals surface area contributed by atoms with Gasteiger partial charge in [-0.05, 0) is 68.6 Å². The second-order valence-corrected chi connectivity index (χ2v) is 8.36. The van der Waals surface area contributed by atoms with Gasteiger partial charge in [-0.15, -0.1) is 0 Å². The van der Waals surface area contributed by atoms with Crippen molar-refractivity contribution < 1.29 is 9.18 Å². The molecule has 0 aliphatic carbocycles. The molecule has 4 rings (SSSR count). The summed E-state index contributed by atoms with van der Waals surface area (Å²) in [5.41, 5.74) is 2.81. The third-order valence-corrected chi connectivity index (χ3v) is 6.07. The summed E-state index contributed by atoms with van der Waals surface area (Å²) in [6, 6.07) is 10.4. The maximum atomic E-state index is 13.3. The lowest BCUT2D eigenvalue weighted by Crippen LogP contribution is -2.42. The molecule has 0 atom stereocenters. The zero-order valence-electron chi connectivity index (χ0n) is 18.6. The van der Waals surface area contributed by atoms with Crippen LogP contribution in [0.3, 0.4) is 0 Å². The molecule has 1 aliphatic heterocycles. The molecule has 0 radical (unpaired) electrons. The van der Waals surface area contributed by atoms with Gasteiger partial charge in [0.2, 0.25) is 0 Å². The number of nitrogens with zero attached hydrogens (tertiary/aromatic N) is 4. The molecule has 0 spiro atoms. The van der Waals surface area contributed by atoms with Gasteiger partial charge in [0.15, 0.2) is 5.65 Å². The van der Waals surface area contributed by atoms with Gasteiger partial charge in [-0.2, -0.15) is 0 Å². The Morgan fingerprint density at radius 1 is 1.16 bits per heavy atom. The van der Waals surface area contributed by atoms with E-state index in [-0.39, 0.29) is 11.8 Å². The Hall–Kier alpha value is -3.00. The molecule has 0 bridgehead atoms. The number of imidazole rings is 1. The first-order valence-corrected chi connectivity index (χ1v) is 11.4. The molecule has 0 saturated carbocycles. The minimum Gasteiger partial charge on any atom is -0.338 e. The van der Waals surface area contributed by atoms with E-state index < -0.39 is 0 Å². The Morgan fingerprint density at radius 3 is 2.69 bits per heavy atom. The third kappa shape index (κ3) is 5.62. The lowest BCUT2D eigenvalue weighted by atomic mass is 9.93. The van der Waals surface area contributed by atoms with Crippen LogP contribution < -0.4 is 10.6 Å². The molecule has 1 saturated heterocycles. The number of rotatable bonds is 8. The van der Waals surface area contributed by atoms with E-state index in [0.29, 0.717) is 25.6 Å². The highest BCUT2D eigenvalue weighted by molar-refractivity contribution is 5.73. The average molecular weight is 439 g/mol. The van der Waals surface area contributed by atoms with Crippen LogP contribution in [0.1, 0.15) is 31.2 Å². The molecule has 2 N–H and O–H groups in total. The summed E-state index contributed by atoms with van der Waals surface area (Å²) in [5, 5.41) is 5.65. The number of aromatic nitrogens is 3. The van der Waals surface area contributed by atoms with Crippen molar-refractivity contribution in [2.75, 3.05) is 32.7 Å². The fourth-order valence-electron chi connectivity index (χ4n) is 4.32. The van der Waals surface area contributed by atoms with Gasteiger partial charge in [0.25, 0.3) is 0 Å². The number of hydrogen-bond donors (Lipinski definition) is 2. The molecule has 32 heavy (non-hydrogen) atoms. The molecular formula is C24H31FN6O. The van der Waals surface area contributed by atoms with Crippen molar-refractivity contribution >= 4 is 17.2 Å². The smallest absolute Gasteiger partial charge is 0.314 e. The first kappa shape index (κ1) is 22.2. The lowest BCUT2D eigenvalue weighted by Gasteiger charge is -2.31. The van der Waals surface area contributed by atoms with E-state index in [1.165, 1.54) is 12.1 Å². The van der Waals surface area contributed by atoms with Crippen LogP contribution in [-0.2, 0) is 13.0 Å². The van der Waals surface area contributed by atoms with E-state index in [1.807, 2.05) is 31.2 Å². The summed E-state index contributed by atoms with van der Waals surface area (Å²) < 4.78 is 15.5. The van der Waals surface area contributed by atoms with Gasteiger partial charge < -0.3 is 20.1 Å².